The number of carbonyl (C=O) groups excluding carboxylic acids is 1. The zero-order valence-corrected chi connectivity index (χ0v) is 20.4. The smallest absolute Gasteiger partial charge is 0.407 e. The van der Waals surface area contributed by atoms with Gasteiger partial charge >= 0.3 is 6.09 Å². The molecule has 1 fully saturated rings. The summed E-state index contributed by atoms with van der Waals surface area (Å²) in [6, 6.07) is 17.2. The average molecular weight is 476 g/mol. The number of methoxy groups -OCH3 is 1. The van der Waals surface area contributed by atoms with Gasteiger partial charge in [-0.15, -0.1) is 0 Å². The van der Waals surface area contributed by atoms with Crippen molar-refractivity contribution in [2.45, 2.75) is 32.6 Å². The first kappa shape index (κ1) is 24.5. The highest BCUT2D eigenvalue weighted by molar-refractivity contribution is 6.07. The third-order valence-electron chi connectivity index (χ3n) is 6.99. The number of nitrogens with one attached hydrogen (secondary N) is 1. The summed E-state index contributed by atoms with van der Waals surface area (Å²) in [5, 5.41) is 13.2. The van der Waals surface area contributed by atoms with E-state index in [1.165, 1.54) is 4.90 Å². The van der Waals surface area contributed by atoms with Crippen LogP contribution in [0.3, 0.4) is 0 Å². The van der Waals surface area contributed by atoms with E-state index in [1.54, 1.807) is 7.11 Å². The normalized spacial score (nSPS) is 17.7. The van der Waals surface area contributed by atoms with Gasteiger partial charge in [0.15, 0.2) is 0 Å². The maximum absolute atomic E-state index is 13.3. The number of fused-ring (bicyclic) bond motifs is 1. The first-order valence-corrected chi connectivity index (χ1v) is 12.3. The largest absolute Gasteiger partial charge is 0.496 e. The molecule has 1 aliphatic rings. The van der Waals surface area contributed by atoms with Gasteiger partial charge in [0, 0.05) is 30.6 Å². The molecule has 35 heavy (non-hydrogen) atoms. The molecular weight excluding hydrogens is 442 g/mol. The van der Waals surface area contributed by atoms with Gasteiger partial charge in [0.1, 0.15) is 5.75 Å². The Labute approximate surface area is 206 Å². The highest BCUT2D eigenvalue weighted by atomic mass is 16.5. The second-order valence-corrected chi connectivity index (χ2v) is 9.19. The van der Waals surface area contributed by atoms with Crippen molar-refractivity contribution in [3.8, 4) is 17.0 Å². The Morgan fingerprint density at radius 3 is 2.46 bits per heavy atom. The minimum atomic E-state index is -0.848. The van der Waals surface area contributed by atoms with Crippen molar-refractivity contribution in [2.24, 2.45) is 11.8 Å². The minimum absolute atomic E-state index is 0.107. The van der Waals surface area contributed by atoms with Gasteiger partial charge in [0.25, 0.3) is 5.91 Å². The molecular formula is C28H33N3O4. The second kappa shape index (κ2) is 11.2. The summed E-state index contributed by atoms with van der Waals surface area (Å²) in [5.74, 6) is 1.40. The van der Waals surface area contributed by atoms with Gasteiger partial charge in [-0.05, 0) is 68.7 Å². The van der Waals surface area contributed by atoms with Crippen molar-refractivity contribution in [2.75, 3.05) is 26.7 Å². The predicted octanol–water partition coefficient (Wildman–Crippen LogP) is 5.45. The van der Waals surface area contributed by atoms with E-state index < -0.39 is 6.09 Å². The lowest BCUT2D eigenvalue weighted by Gasteiger charge is -2.31. The lowest BCUT2D eigenvalue weighted by Crippen LogP contribution is -2.37. The van der Waals surface area contributed by atoms with Crippen LogP contribution in [0.1, 0.15) is 43.0 Å². The van der Waals surface area contributed by atoms with Gasteiger partial charge in [0.2, 0.25) is 0 Å². The number of carbonyl (C=O) groups is 2. The Balaban J connectivity index is 1.45. The van der Waals surface area contributed by atoms with Gasteiger partial charge in [-0.25, -0.2) is 9.78 Å². The van der Waals surface area contributed by atoms with E-state index in [1.807, 2.05) is 61.5 Å². The van der Waals surface area contributed by atoms with E-state index in [9.17, 15) is 14.7 Å². The minimum Gasteiger partial charge on any atom is -0.496 e. The molecule has 3 aromatic rings. The van der Waals surface area contributed by atoms with Crippen LogP contribution in [0.4, 0.5) is 4.79 Å². The van der Waals surface area contributed by atoms with Crippen LogP contribution in [0.5, 0.6) is 5.75 Å². The Morgan fingerprint density at radius 1 is 1.06 bits per heavy atom. The molecule has 1 aromatic heterocycles. The molecule has 7 heteroatoms. The number of ether oxygens (including phenoxy) is 1. The molecule has 0 spiro atoms. The molecule has 184 valence electrons. The van der Waals surface area contributed by atoms with Gasteiger partial charge in [-0.3, -0.25) is 4.79 Å². The van der Waals surface area contributed by atoms with E-state index in [2.05, 4.69) is 5.32 Å². The Bertz CT molecular complexity index is 1190. The van der Waals surface area contributed by atoms with Crippen molar-refractivity contribution < 1.29 is 19.4 Å². The first-order chi connectivity index (χ1) is 17.0. The summed E-state index contributed by atoms with van der Waals surface area (Å²) in [7, 11) is 1.63. The molecule has 1 heterocycles. The van der Waals surface area contributed by atoms with Crippen LogP contribution in [-0.2, 0) is 0 Å². The van der Waals surface area contributed by atoms with E-state index in [0.29, 0.717) is 48.5 Å². The third kappa shape index (κ3) is 5.73. The maximum atomic E-state index is 13.3. The maximum Gasteiger partial charge on any atom is 0.407 e. The van der Waals surface area contributed by atoms with Crippen molar-refractivity contribution >= 4 is 22.9 Å². The summed E-state index contributed by atoms with van der Waals surface area (Å²) >= 11 is 0. The predicted molar refractivity (Wildman–Crippen MR) is 137 cm³/mol. The number of amides is 2. The first-order valence-electron chi connectivity index (χ1n) is 12.3. The molecule has 2 amide bonds. The fourth-order valence-electron chi connectivity index (χ4n) is 4.96. The molecule has 1 saturated carbocycles. The van der Waals surface area contributed by atoms with Crippen molar-refractivity contribution in [3.05, 3.63) is 60.2 Å². The van der Waals surface area contributed by atoms with Gasteiger partial charge in [-0.2, -0.15) is 0 Å². The number of hydrogen-bond donors (Lipinski definition) is 2. The number of hydrogen-bond acceptors (Lipinski definition) is 4. The topological polar surface area (TPSA) is 91.8 Å². The standard InChI is InChI=1S/C28H33N3O4/c1-3-31(28(33)34)18-20-14-12-19(13-15-20)17-29-27(32)23-16-25(22-9-5-7-11-26(22)35-2)30-24-10-6-4-8-21(23)24/h4-11,16,19-20H,3,12-15,17-18H2,1-2H3,(H,29,32)(H,33,34)/t19-,20-. The van der Waals surface area contributed by atoms with Gasteiger partial charge in [-0.1, -0.05) is 30.3 Å². The van der Waals surface area contributed by atoms with Crippen LogP contribution in [0.15, 0.2) is 54.6 Å². The van der Waals surface area contributed by atoms with Gasteiger partial charge in [0.05, 0.1) is 23.9 Å². The highest BCUT2D eigenvalue weighted by Gasteiger charge is 2.25. The van der Waals surface area contributed by atoms with Crippen molar-refractivity contribution in [1.29, 1.82) is 0 Å². The lowest BCUT2D eigenvalue weighted by molar-refractivity contribution is 0.0938. The molecule has 0 radical (unpaired) electrons. The van der Waals surface area contributed by atoms with E-state index in [4.69, 9.17) is 9.72 Å². The number of carboxylic acid groups (broad SMARTS) is 1. The fourth-order valence-corrected chi connectivity index (χ4v) is 4.96. The van der Waals surface area contributed by atoms with Crippen molar-refractivity contribution in [3.63, 3.8) is 0 Å². The Hall–Kier alpha value is -3.61. The molecule has 0 bridgehead atoms. The summed E-state index contributed by atoms with van der Waals surface area (Å²) in [6.07, 6.45) is 3.11. The van der Waals surface area contributed by atoms with E-state index >= 15 is 0 Å². The lowest BCUT2D eigenvalue weighted by atomic mass is 9.81. The van der Waals surface area contributed by atoms with Crippen molar-refractivity contribution in [1.82, 2.24) is 15.2 Å². The molecule has 4 rings (SSSR count). The number of rotatable bonds is 8. The van der Waals surface area contributed by atoms with Gasteiger partial charge < -0.3 is 20.1 Å². The van der Waals surface area contributed by atoms with Crippen LogP contribution in [0.2, 0.25) is 0 Å². The van der Waals surface area contributed by atoms with Crippen LogP contribution < -0.4 is 10.1 Å². The third-order valence-corrected chi connectivity index (χ3v) is 6.99. The molecule has 0 aliphatic heterocycles. The van der Waals surface area contributed by atoms with E-state index in [0.717, 1.165) is 42.1 Å². The Kier molecular flexibility index (Phi) is 7.85. The molecule has 0 atom stereocenters. The highest BCUT2D eigenvalue weighted by Crippen LogP contribution is 2.32. The second-order valence-electron chi connectivity index (χ2n) is 9.19. The Morgan fingerprint density at radius 2 is 1.74 bits per heavy atom. The monoisotopic (exact) mass is 475 g/mol. The van der Waals surface area contributed by atoms with Crippen LogP contribution in [0.25, 0.3) is 22.2 Å². The van der Waals surface area contributed by atoms with E-state index in [-0.39, 0.29) is 5.91 Å². The molecule has 0 saturated heterocycles. The SMILES string of the molecule is CCN(C[C@H]1CC[C@H](CNC(=O)c2cc(-c3ccccc3OC)nc3ccccc23)CC1)C(=O)O. The molecule has 0 unspecified atom stereocenters. The number of aromatic nitrogens is 1. The quantitative estimate of drug-likeness (QED) is 0.452. The zero-order chi connectivity index (χ0) is 24.8. The van der Waals surface area contributed by atoms with Crippen LogP contribution in [-0.4, -0.2) is 53.7 Å². The molecule has 1 aliphatic carbocycles. The summed E-state index contributed by atoms with van der Waals surface area (Å²) in [5.41, 5.74) is 2.91. The fraction of sp³-hybridized carbons (Fsp3) is 0.393. The summed E-state index contributed by atoms with van der Waals surface area (Å²) in [4.78, 5) is 30.9. The summed E-state index contributed by atoms with van der Waals surface area (Å²) in [6.45, 7) is 3.60. The van der Waals surface area contributed by atoms with Crippen LogP contribution >= 0.6 is 0 Å². The number of para-hydroxylation sites is 2. The van der Waals surface area contributed by atoms with Crippen LogP contribution in [0, 0.1) is 11.8 Å². The summed E-state index contributed by atoms with van der Waals surface area (Å²) < 4.78 is 5.52. The average Bonchev–Trinajstić information content (AvgIpc) is 2.90. The molecule has 7 nitrogen and oxygen atoms in total. The molecule has 2 N–H and O–H groups in total. The number of benzene rings is 2. The number of pyridine rings is 1. The zero-order valence-electron chi connectivity index (χ0n) is 20.4. The molecule has 2 aromatic carbocycles. The number of nitrogens with zero attached hydrogens (tertiary/aromatic N) is 2.